The molecule has 0 spiro atoms. The number of nitrogens with one attached hydrogen (secondary N) is 1. The van der Waals surface area contributed by atoms with Crippen LogP contribution in [0.3, 0.4) is 0 Å². The van der Waals surface area contributed by atoms with Gasteiger partial charge in [0.2, 0.25) is 5.91 Å². The summed E-state index contributed by atoms with van der Waals surface area (Å²) in [7, 11) is 0. The van der Waals surface area contributed by atoms with E-state index in [2.05, 4.69) is 12.2 Å². The number of hydrogen-bond acceptors (Lipinski definition) is 2. The number of carbonyl (C=O) groups excluding carboxylic acids is 1. The molecule has 98 valence electrons. The van der Waals surface area contributed by atoms with Crippen LogP contribution in [0, 0.1) is 11.3 Å². The van der Waals surface area contributed by atoms with E-state index in [4.69, 9.17) is 18.0 Å². The molecule has 1 aliphatic carbocycles. The molecule has 0 saturated heterocycles. The Morgan fingerprint density at radius 1 is 1.47 bits per heavy atom. The van der Waals surface area contributed by atoms with Crippen molar-refractivity contribution in [1.29, 1.82) is 0 Å². The first kappa shape index (κ1) is 14.4. The molecule has 17 heavy (non-hydrogen) atoms. The second-order valence-corrected chi connectivity index (χ2v) is 5.55. The fraction of sp³-hybridized carbons (Fsp3) is 0.846. The lowest BCUT2D eigenvalue weighted by Gasteiger charge is -2.36. The molecule has 3 N–H and O–H groups in total. The van der Waals surface area contributed by atoms with Crippen molar-refractivity contribution in [3.63, 3.8) is 0 Å². The summed E-state index contributed by atoms with van der Waals surface area (Å²) in [6.45, 7) is 6.02. The monoisotopic (exact) mass is 256 g/mol. The summed E-state index contributed by atoms with van der Waals surface area (Å²) in [5, 5.41) is 3.10. The zero-order valence-corrected chi connectivity index (χ0v) is 11.9. The smallest absolute Gasteiger partial charge is 0.233 e. The van der Waals surface area contributed by atoms with Crippen LogP contribution in [0.15, 0.2) is 0 Å². The lowest BCUT2D eigenvalue weighted by molar-refractivity contribution is -0.129. The molecule has 1 aliphatic rings. The Labute approximate surface area is 110 Å². The highest BCUT2D eigenvalue weighted by Gasteiger charge is 2.39. The van der Waals surface area contributed by atoms with E-state index in [1.54, 1.807) is 0 Å². The third-order valence-corrected chi connectivity index (χ3v) is 4.72. The molecule has 1 amide bonds. The van der Waals surface area contributed by atoms with Gasteiger partial charge in [-0.1, -0.05) is 32.5 Å². The van der Waals surface area contributed by atoms with Crippen LogP contribution in [0.4, 0.5) is 0 Å². The predicted molar refractivity (Wildman–Crippen MR) is 74.7 cm³/mol. The van der Waals surface area contributed by atoms with Gasteiger partial charge in [-0.2, -0.15) is 0 Å². The summed E-state index contributed by atoms with van der Waals surface area (Å²) < 4.78 is 0. The molecule has 1 atom stereocenters. The number of nitrogens with two attached hydrogens (primary N) is 1. The van der Waals surface area contributed by atoms with Gasteiger partial charge in [0.25, 0.3) is 0 Å². The first-order valence-electron chi connectivity index (χ1n) is 6.58. The lowest BCUT2D eigenvalue weighted by atomic mass is 9.78. The topological polar surface area (TPSA) is 55.1 Å². The van der Waals surface area contributed by atoms with Gasteiger partial charge in [0.05, 0.1) is 10.4 Å². The molecule has 1 unspecified atom stereocenters. The molecule has 0 aromatic heterocycles. The second-order valence-electron chi connectivity index (χ2n) is 5.11. The van der Waals surface area contributed by atoms with Crippen molar-refractivity contribution in [3.05, 3.63) is 0 Å². The standard InChI is InChI=1S/C13H24N2OS/c1-4-13(5-2,11(14)17)12(16)15-9(3)10-7-6-8-10/h9-10H,4-8H2,1-3H3,(H2,14,17)(H,15,16). The summed E-state index contributed by atoms with van der Waals surface area (Å²) in [5.41, 5.74) is 5.10. The fourth-order valence-electron chi connectivity index (χ4n) is 2.43. The van der Waals surface area contributed by atoms with Gasteiger partial charge in [-0.25, -0.2) is 0 Å². The van der Waals surface area contributed by atoms with E-state index in [0.717, 1.165) is 0 Å². The van der Waals surface area contributed by atoms with Gasteiger partial charge in [0.15, 0.2) is 0 Å². The van der Waals surface area contributed by atoms with Gasteiger partial charge in [-0.15, -0.1) is 0 Å². The quantitative estimate of drug-likeness (QED) is 0.717. The molecular formula is C13H24N2OS. The zero-order chi connectivity index (χ0) is 13.1. The number of amides is 1. The van der Waals surface area contributed by atoms with Crippen LogP contribution in [0.2, 0.25) is 0 Å². The highest BCUT2D eigenvalue weighted by atomic mass is 32.1. The van der Waals surface area contributed by atoms with Crippen LogP contribution in [-0.4, -0.2) is 16.9 Å². The maximum Gasteiger partial charge on any atom is 0.233 e. The van der Waals surface area contributed by atoms with Gasteiger partial charge in [-0.05, 0) is 38.5 Å². The van der Waals surface area contributed by atoms with Crippen molar-refractivity contribution in [2.75, 3.05) is 0 Å². The first-order chi connectivity index (χ1) is 7.97. The number of rotatable bonds is 6. The number of thiocarbonyl (C=S) groups is 1. The minimum atomic E-state index is -0.659. The summed E-state index contributed by atoms with van der Waals surface area (Å²) >= 11 is 5.08. The van der Waals surface area contributed by atoms with E-state index < -0.39 is 5.41 Å². The van der Waals surface area contributed by atoms with E-state index >= 15 is 0 Å². The van der Waals surface area contributed by atoms with Crippen LogP contribution in [0.1, 0.15) is 52.9 Å². The Balaban J connectivity index is 2.67. The zero-order valence-electron chi connectivity index (χ0n) is 11.1. The second kappa shape index (κ2) is 5.80. The maximum atomic E-state index is 12.3. The molecule has 0 aliphatic heterocycles. The molecule has 1 rings (SSSR count). The molecule has 0 aromatic carbocycles. The van der Waals surface area contributed by atoms with Gasteiger partial charge in [0, 0.05) is 6.04 Å². The van der Waals surface area contributed by atoms with Gasteiger partial charge in [-0.3, -0.25) is 4.79 Å². The number of carbonyl (C=O) groups is 1. The van der Waals surface area contributed by atoms with Crippen molar-refractivity contribution >= 4 is 23.1 Å². The largest absolute Gasteiger partial charge is 0.392 e. The van der Waals surface area contributed by atoms with Crippen LogP contribution >= 0.6 is 12.2 Å². The Bertz CT molecular complexity index is 296. The summed E-state index contributed by atoms with van der Waals surface area (Å²) in [5.74, 6) is 0.645. The Hall–Kier alpha value is -0.640. The van der Waals surface area contributed by atoms with Crippen LogP contribution in [-0.2, 0) is 4.79 Å². The lowest BCUT2D eigenvalue weighted by Crippen LogP contribution is -2.52. The Kier molecular flexibility index (Phi) is 4.92. The Morgan fingerprint density at radius 2 is 2.00 bits per heavy atom. The first-order valence-corrected chi connectivity index (χ1v) is 6.99. The average molecular weight is 256 g/mol. The van der Waals surface area contributed by atoms with Gasteiger partial charge >= 0.3 is 0 Å². The van der Waals surface area contributed by atoms with Crippen molar-refractivity contribution < 1.29 is 4.79 Å². The third-order valence-electron chi connectivity index (χ3n) is 4.33. The highest BCUT2D eigenvalue weighted by Crippen LogP contribution is 2.31. The van der Waals surface area contributed by atoms with Crippen molar-refractivity contribution in [3.8, 4) is 0 Å². The summed E-state index contributed by atoms with van der Waals surface area (Å²) in [4.78, 5) is 12.7. The average Bonchev–Trinajstić information content (AvgIpc) is 2.16. The molecule has 4 heteroatoms. The van der Waals surface area contributed by atoms with E-state index in [1.165, 1.54) is 19.3 Å². The highest BCUT2D eigenvalue weighted by molar-refractivity contribution is 7.80. The molecule has 0 radical (unpaired) electrons. The van der Waals surface area contributed by atoms with Crippen molar-refractivity contribution in [2.24, 2.45) is 17.1 Å². The predicted octanol–water partition coefficient (Wildman–Crippen LogP) is 2.38. The Morgan fingerprint density at radius 3 is 2.29 bits per heavy atom. The van der Waals surface area contributed by atoms with E-state index in [0.29, 0.717) is 23.7 Å². The molecule has 1 saturated carbocycles. The minimum Gasteiger partial charge on any atom is -0.392 e. The van der Waals surface area contributed by atoms with Crippen molar-refractivity contribution in [2.45, 2.75) is 58.9 Å². The molecule has 1 fully saturated rings. The third kappa shape index (κ3) is 2.79. The fourth-order valence-corrected chi connectivity index (χ4v) is 2.82. The number of hydrogen-bond donors (Lipinski definition) is 2. The molecular weight excluding hydrogens is 232 g/mol. The van der Waals surface area contributed by atoms with Crippen LogP contribution < -0.4 is 11.1 Å². The molecule has 3 nitrogen and oxygen atoms in total. The summed E-state index contributed by atoms with van der Waals surface area (Å²) in [6, 6.07) is 0.239. The van der Waals surface area contributed by atoms with Gasteiger partial charge < -0.3 is 11.1 Å². The molecule has 0 aromatic rings. The van der Waals surface area contributed by atoms with E-state index in [9.17, 15) is 4.79 Å². The molecule has 0 bridgehead atoms. The van der Waals surface area contributed by atoms with Crippen molar-refractivity contribution in [1.82, 2.24) is 5.32 Å². The van der Waals surface area contributed by atoms with Crippen LogP contribution in [0.5, 0.6) is 0 Å². The SMILES string of the molecule is CCC(CC)(C(=O)NC(C)C1CCC1)C(N)=S. The van der Waals surface area contributed by atoms with E-state index in [-0.39, 0.29) is 11.9 Å². The molecule has 0 heterocycles. The van der Waals surface area contributed by atoms with E-state index in [1.807, 2.05) is 13.8 Å². The summed E-state index contributed by atoms with van der Waals surface area (Å²) in [6.07, 6.45) is 5.07. The van der Waals surface area contributed by atoms with Crippen LogP contribution in [0.25, 0.3) is 0 Å². The maximum absolute atomic E-state index is 12.3. The normalized spacial score (nSPS) is 18.3. The van der Waals surface area contributed by atoms with Gasteiger partial charge in [0.1, 0.15) is 0 Å². The minimum absolute atomic E-state index is 0.00870.